The molecule has 0 aliphatic heterocycles. The molecule has 2 nitrogen and oxygen atoms in total. The summed E-state index contributed by atoms with van der Waals surface area (Å²) in [4.78, 5) is 9.90. The molecule has 4 heteroatoms. The first-order valence-corrected chi connectivity index (χ1v) is 3.34. The number of hydrogen-bond acceptors (Lipinski definition) is 2. The van der Waals surface area contributed by atoms with Crippen molar-refractivity contribution in [1.82, 2.24) is 0 Å². The molecule has 0 radical (unpaired) electrons. The maximum Gasteiger partial charge on any atom is 1.00 e. The van der Waals surface area contributed by atoms with Crippen molar-refractivity contribution in [2.24, 2.45) is 0 Å². The third-order valence-corrected chi connectivity index (χ3v) is 1.22. The molecule has 1 aromatic carbocycles. The van der Waals surface area contributed by atoms with Gasteiger partial charge in [0.2, 0.25) is 0 Å². The van der Waals surface area contributed by atoms with E-state index in [0.717, 1.165) is 0 Å². The van der Waals surface area contributed by atoms with Crippen LogP contribution in [0.15, 0.2) is 30.3 Å². The Hall–Kier alpha value is 0.00740. The second kappa shape index (κ2) is 5.77. The molecular weight excluding hydrogens is 142 g/mol. The van der Waals surface area contributed by atoms with E-state index in [4.69, 9.17) is 0 Å². The Morgan fingerprint density at radius 2 is 1.80 bits per heavy atom. The van der Waals surface area contributed by atoms with Gasteiger partial charge < -0.3 is 9.42 Å². The van der Waals surface area contributed by atoms with E-state index in [-0.39, 0.29) is 18.9 Å². The summed E-state index contributed by atoms with van der Waals surface area (Å²) in [5.74, 6) is 0.644. The van der Waals surface area contributed by atoms with E-state index < -0.39 is 9.03 Å². The summed E-state index contributed by atoms with van der Waals surface area (Å²) < 4.78 is 4.68. The summed E-state index contributed by atoms with van der Waals surface area (Å²) in [6.07, 6.45) is 0. The Balaban J connectivity index is 0.000000810. The van der Waals surface area contributed by atoms with E-state index in [9.17, 15) is 4.89 Å². The van der Waals surface area contributed by atoms with Crippen molar-refractivity contribution in [3.8, 4) is 5.75 Å². The Bertz CT molecular complexity index is 169. The third-order valence-electron chi connectivity index (χ3n) is 0.903. The van der Waals surface area contributed by atoms with Crippen LogP contribution in [0.3, 0.4) is 0 Å². The van der Waals surface area contributed by atoms with Crippen molar-refractivity contribution < 1.29 is 28.3 Å². The molecule has 0 aromatic heterocycles. The number of para-hydroxylation sites is 1. The van der Waals surface area contributed by atoms with Gasteiger partial charge in [0, 0.05) is 0 Å². The van der Waals surface area contributed by atoms with Crippen LogP contribution < -0.4 is 28.3 Å². The van der Waals surface area contributed by atoms with Crippen LogP contribution in [0.4, 0.5) is 0 Å². The van der Waals surface area contributed by atoms with Gasteiger partial charge in [-0.25, -0.2) is 0 Å². The van der Waals surface area contributed by atoms with E-state index >= 15 is 0 Å². The summed E-state index contributed by atoms with van der Waals surface area (Å²) in [7, 11) is -0.715. The summed E-state index contributed by atoms with van der Waals surface area (Å²) in [5.41, 5.74) is 0. The molecule has 0 spiro atoms. The molecule has 1 rings (SSSR count). The van der Waals surface area contributed by atoms with Gasteiger partial charge in [-0.3, -0.25) is 0 Å². The summed E-state index contributed by atoms with van der Waals surface area (Å²) in [5, 5.41) is 0. The molecule has 1 aromatic rings. The first-order chi connectivity index (χ1) is 4.43. The molecule has 0 N–H and O–H groups in total. The van der Waals surface area contributed by atoms with Gasteiger partial charge in [-0.2, -0.15) is 0 Å². The average Bonchev–Trinajstić information content (AvgIpc) is 1.91. The summed E-state index contributed by atoms with van der Waals surface area (Å²) in [6.45, 7) is 0. The van der Waals surface area contributed by atoms with Crippen molar-refractivity contribution >= 4 is 9.03 Å². The number of benzene rings is 1. The first kappa shape index (κ1) is 10.0. The maximum absolute atomic E-state index is 9.90. The van der Waals surface area contributed by atoms with Crippen molar-refractivity contribution in [2.45, 2.75) is 0 Å². The van der Waals surface area contributed by atoms with Crippen molar-refractivity contribution in [3.63, 3.8) is 0 Å². The standard InChI is InChI=1S/C6H6O2P.Li/c7-9-8-6-4-2-1-3-5-6;/h1-5,9H;/q-1;+1. The monoisotopic (exact) mass is 148 g/mol. The predicted octanol–water partition coefficient (Wildman–Crippen LogP) is -2.06. The Labute approximate surface area is 73.7 Å². The van der Waals surface area contributed by atoms with Crippen LogP contribution >= 0.6 is 9.03 Å². The molecule has 10 heavy (non-hydrogen) atoms. The van der Waals surface area contributed by atoms with E-state index in [0.29, 0.717) is 5.75 Å². The first-order valence-electron chi connectivity index (χ1n) is 2.52. The van der Waals surface area contributed by atoms with E-state index in [1.807, 2.05) is 18.2 Å². The van der Waals surface area contributed by atoms with Gasteiger partial charge in [0.05, 0.1) is 0 Å². The molecule has 0 amide bonds. The molecule has 48 valence electrons. The van der Waals surface area contributed by atoms with Gasteiger partial charge in [0.25, 0.3) is 0 Å². The average molecular weight is 148 g/mol. The van der Waals surface area contributed by atoms with Gasteiger partial charge in [0.15, 0.2) is 0 Å². The van der Waals surface area contributed by atoms with Gasteiger partial charge in [-0.1, -0.05) is 18.2 Å². The molecule has 0 saturated heterocycles. The molecule has 0 aliphatic rings. The smallest absolute Gasteiger partial charge is 0.801 e. The van der Waals surface area contributed by atoms with Gasteiger partial charge in [-0.15, -0.1) is 0 Å². The summed E-state index contributed by atoms with van der Waals surface area (Å²) in [6, 6.07) is 9.04. The van der Waals surface area contributed by atoms with Crippen molar-refractivity contribution in [2.75, 3.05) is 0 Å². The van der Waals surface area contributed by atoms with Crippen LogP contribution in [0.1, 0.15) is 0 Å². The van der Waals surface area contributed by atoms with E-state index in [2.05, 4.69) is 4.52 Å². The van der Waals surface area contributed by atoms with Crippen LogP contribution in [-0.2, 0) is 0 Å². The van der Waals surface area contributed by atoms with Gasteiger partial charge in [0.1, 0.15) is 5.75 Å². The second-order valence-corrected chi connectivity index (χ2v) is 1.87. The molecule has 0 heterocycles. The fourth-order valence-corrected chi connectivity index (χ4v) is 0.769. The summed E-state index contributed by atoms with van der Waals surface area (Å²) >= 11 is 0. The molecule has 1 unspecified atom stereocenters. The zero-order valence-electron chi connectivity index (χ0n) is 5.70. The fourth-order valence-electron chi connectivity index (χ4n) is 0.537. The van der Waals surface area contributed by atoms with E-state index in [1.165, 1.54) is 0 Å². The minimum Gasteiger partial charge on any atom is -0.801 e. The van der Waals surface area contributed by atoms with Crippen LogP contribution in [0, 0.1) is 0 Å². The molecule has 1 atom stereocenters. The van der Waals surface area contributed by atoms with Crippen molar-refractivity contribution in [3.05, 3.63) is 30.3 Å². The molecular formula is C6H6LiO2P. The number of hydrogen-bond donors (Lipinski definition) is 0. The topological polar surface area (TPSA) is 32.3 Å². The Kier molecular flexibility index (Phi) is 5.77. The third kappa shape index (κ3) is 3.25. The predicted molar refractivity (Wildman–Crippen MR) is 35.4 cm³/mol. The quantitative estimate of drug-likeness (QED) is 0.356. The fraction of sp³-hybridized carbons (Fsp3) is 0. The zero-order chi connectivity index (χ0) is 6.53. The Morgan fingerprint density at radius 1 is 1.20 bits per heavy atom. The maximum atomic E-state index is 9.90. The molecule has 0 aliphatic carbocycles. The number of rotatable bonds is 2. The Morgan fingerprint density at radius 3 is 2.30 bits per heavy atom. The van der Waals surface area contributed by atoms with Gasteiger partial charge in [-0.05, 0) is 21.2 Å². The SMILES string of the molecule is [Li+].[O-]POc1ccccc1. The second-order valence-electron chi connectivity index (χ2n) is 1.50. The minimum absolute atomic E-state index is 0. The van der Waals surface area contributed by atoms with Crippen LogP contribution in [0.2, 0.25) is 0 Å². The van der Waals surface area contributed by atoms with Gasteiger partial charge >= 0.3 is 18.9 Å². The molecule has 0 fully saturated rings. The van der Waals surface area contributed by atoms with Crippen LogP contribution in [0.5, 0.6) is 5.75 Å². The molecule has 0 saturated carbocycles. The van der Waals surface area contributed by atoms with E-state index in [1.54, 1.807) is 12.1 Å². The van der Waals surface area contributed by atoms with Crippen LogP contribution in [0.25, 0.3) is 0 Å². The normalized spacial score (nSPS) is 9.30. The largest absolute Gasteiger partial charge is 1.00 e. The molecule has 0 bridgehead atoms. The zero-order valence-corrected chi connectivity index (χ0v) is 6.70. The van der Waals surface area contributed by atoms with Crippen LogP contribution in [-0.4, -0.2) is 0 Å². The minimum atomic E-state index is -0.715. The van der Waals surface area contributed by atoms with Crippen molar-refractivity contribution in [1.29, 1.82) is 0 Å².